The number of halogens is 1. The van der Waals surface area contributed by atoms with Crippen LogP contribution in [0.15, 0.2) is 28.7 Å². The predicted molar refractivity (Wildman–Crippen MR) is 65.3 cm³/mol. The molecule has 1 atom stereocenters. The summed E-state index contributed by atoms with van der Waals surface area (Å²) in [7, 11) is 0. The Hall–Kier alpha value is -1.36. The highest BCUT2D eigenvalue weighted by Gasteiger charge is 2.33. The lowest BCUT2D eigenvalue weighted by Gasteiger charge is -2.16. The molecule has 1 fully saturated rings. The molecular weight excluding hydrogens is 286 g/mol. The van der Waals surface area contributed by atoms with E-state index in [0.717, 1.165) is 10.0 Å². The highest BCUT2D eigenvalue weighted by atomic mass is 79.9. The zero-order chi connectivity index (χ0) is 12.4. The molecule has 4 nitrogen and oxygen atoms in total. The third kappa shape index (κ3) is 2.85. The minimum atomic E-state index is -0.893. The number of hydrogen-bond acceptors (Lipinski definition) is 2. The van der Waals surface area contributed by atoms with Crippen LogP contribution < -0.4 is 0 Å². The summed E-state index contributed by atoms with van der Waals surface area (Å²) in [5, 5.41) is 8.87. The van der Waals surface area contributed by atoms with Crippen molar-refractivity contribution in [1.82, 2.24) is 4.90 Å². The Kier molecular flexibility index (Phi) is 3.47. The summed E-state index contributed by atoms with van der Waals surface area (Å²) in [5.41, 5.74) is 0.999. The van der Waals surface area contributed by atoms with Crippen LogP contribution in [-0.4, -0.2) is 28.4 Å². The number of amides is 1. The van der Waals surface area contributed by atoms with E-state index < -0.39 is 11.9 Å². The van der Waals surface area contributed by atoms with Gasteiger partial charge in [0, 0.05) is 24.0 Å². The molecule has 0 bridgehead atoms. The molecule has 0 saturated carbocycles. The van der Waals surface area contributed by atoms with Crippen molar-refractivity contribution >= 4 is 27.8 Å². The molecule has 17 heavy (non-hydrogen) atoms. The minimum absolute atomic E-state index is 0.0858. The molecule has 5 heteroatoms. The van der Waals surface area contributed by atoms with Crippen LogP contribution in [0.4, 0.5) is 0 Å². The quantitative estimate of drug-likeness (QED) is 0.927. The lowest BCUT2D eigenvalue weighted by Crippen LogP contribution is -2.25. The average molecular weight is 298 g/mol. The molecule has 1 aliphatic rings. The van der Waals surface area contributed by atoms with Crippen LogP contribution in [0.2, 0.25) is 0 Å². The fourth-order valence-corrected chi connectivity index (χ4v) is 2.39. The fraction of sp³-hybridized carbons (Fsp3) is 0.333. The topological polar surface area (TPSA) is 57.6 Å². The number of nitrogens with zero attached hydrogens (tertiary/aromatic N) is 1. The van der Waals surface area contributed by atoms with Gasteiger partial charge in [0.15, 0.2) is 0 Å². The minimum Gasteiger partial charge on any atom is -0.481 e. The third-order valence-electron chi connectivity index (χ3n) is 2.83. The van der Waals surface area contributed by atoms with Gasteiger partial charge in [0.05, 0.1) is 5.92 Å². The van der Waals surface area contributed by atoms with Crippen LogP contribution in [0.1, 0.15) is 12.0 Å². The van der Waals surface area contributed by atoms with E-state index in [4.69, 9.17) is 5.11 Å². The van der Waals surface area contributed by atoms with Gasteiger partial charge in [-0.3, -0.25) is 9.59 Å². The van der Waals surface area contributed by atoms with Crippen LogP contribution >= 0.6 is 15.9 Å². The van der Waals surface area contributed by atoms with E-state index in [-0.39, 0.29) is 12.3 Å². The lowest BCUT2D eigenvalue weighted by atomic mass is 10.1. The van der Waals surface area contributed by atoms with Gasteiger partial charge in [-0.2, -0.15) is 0 Å². The molecule has 1 unspecified atom stereocenters. The van der Waals surface area contributed by atoms with Crippen molar-refractivity contribution in [3.05, 3.63) is 34.3 Å². The smallest absolute Gasteiger partial charge is 0.308 e. The van der Waals surface area contributed by atoms with Crippen molar-refractivity contribution in [2.75, 3.05) is 6.54 Å². The maximum Gasteiger partial charge on any atom is 0.308 e. The number of carboxylic acids is 1. The second-order valence-corrected chi connectivity index (χ2v) is 5.06. The molecule has 0 aromatic heterocycles. The molecule has 2 rings (SSSR count). The normalized spacial score (nSPS) is 19.7. The SMILES string of the molecule is O=C(O)C1CC(=O)N(Cc2cccc(Br)c2)C1. The molecule has 1 amide bonds. The van der Waals surface area contributed by atoms with Gasteiger partial charge in [0.2, 0.25) is 5.91 Å². The van der Waals surface area contributed by atoms with E-state index >= 15 is 0 Å². The molecule has 1 saturated heterocycles. The maximum absolute atomic E-state index is 11.6. The Labute approximate surface area is 107 Å². The molecule has 90 valence electrons. The number of benzene rings is 1. The molecule has 0 aliphatic carbocycles. The number of rotatable bonds is 3. The van der Waals surface area contributed by atoms with Crippen molar-refractivity contribution < 1.29 is 14.7 Å². The van der Waals surface area contributed by atoms with Gasteiger partial charge in [-0.05, 0) is 17.7 Å². The first-order valence-electron chi connectivity index (χ1n) is 5.31. The Morgan fingerprint density at radius 3 is 2.88 bits per heavy atom. The first-order valence-corrected chi connectivity index (χ1v) is 6.10. The van der Waals surface area contributed by atoms with E-state index in [0.29, 0.717) is 13.1 Å². The summed E-state index contributed by atoms with van der Waals surface area (Å²) in [6.07, 6.45) is 0.114. The van der Waals surface area contributed by atoms with E-state index in [1.807, 2.05) is 24.3 Å². The monoisotopic (exact) mass is 297 g/mol. The Morgan fingerprint density at radius 2 is 2.29 bits per heavy atom. The van der Waals surface area contributed by atoms with Gasteiger partial charge < -0.3 is 10.0 Å². The van der Waals surface area contributed by atoms with Gasteiger partial charge in [0.1, 0.15) is 0 Å². The Balaban J connectivity index is 2.05. The summed E-state index contributed by atoms with van der Waals surface area (Å²) in [6.45, 7) is 0.780. The molecule has 0 spiro atoms. The van der Waals surface area contributed by atoms with Crippen LogP contribution in [0.3, 0.4) is 0 Å². The predicted octanol–water partition coefficient (Wildman–Crippen LogP) is 1.88. The summed E-state index contributed by atoms with van der Waals surface area (Å²) in [5.74, 6) is -1.54. The van der Waals surface area contributed by atoms with Gasteiger partial charge in [-0.15, -0.1) is 0 Å². The summed E-state index contributed by atoms with van der Waals surface area (Å²) in [6, 6.07) is 7.66. The Morgan fingerprint density at radius 1 is 1.53 bits per heavy atom. The first-order chi connectivity index (χ1) is 8.06. The lowest BCUT2D eigenvalue weighted by molar-refractivity contribution is -0.141. The summed E-state index contributed by atoms with van der Waals surface area (Å²) < 4.78 is 0.955. The molecule has 1 aromatic carbocycles. The van der Waals surface area contributed by atoms with Crippen LogP contribution in [0.5, 0.6) is 0 Å². The second-order valence-electron chi connectivity index (χ2n) is 4.14. The van der Waals surface area contributed by atoms with Gasteiger partial charge in [-0.25, -0.2) is 0 Å². The zero-order valence-electron chi connectivity index (χ0n) is 9.10. The van der Waals surface area contributed by atoms with E-state index in [9.17, 15) is 9.59 Å². The van der Waals surface area contributed by atoms with Crippen molar-refractivity contribution in [1.29, 1.82) is 0 Å². The number of carbonyl (C=O) groups excluding carboxylic acids is 1. The first kappa shape index (κ1) is 12.1. The molecule has 1 N–H and O–H groups in total. The molecule has 0 radical (unpaired) electrons. The highest BCUT2D eigenvalue weighted by Crippen LogP contribution is 2.21. The molecule has 1 aliphatic heterocycles. The summed E-state index contributed by atoms with van der Waals surface area (Å²) in [4.78, 5) is 24.0. The summed E-state index contributed by atoms with van der Waals surface area (Å²) >= 11 is 3.36. The van der Waals surface area contributed by atoms with E-state index in [2.05, 4.69) is 15.9 Å². The van der Waals surface area contributed by atoms with E-state index in [1.165, 1.54) is 0 Å². The number of hydrogen-bond donors (Lipinski definition) is 1. The van der Waals surface area contributed by atoms with Gasteiger partial charge in [-0.1, -0.05) is 28.1 Å². The van der Waals surface area contributed by atoms with Crippen molar-refractivity contribution in [3.8, 4) is 0 Å². The second kappa shape index (κ2) is 4.87. The van der Waals surface area contributed by atoms with Crippen LogP contribution in [0, 0.1) is 5.92 Å². The molecule has 1 heterocycles. The van der Waals surface area contributed by atoms with Crippen LogP contribution in [-0.2, 0) is 16.1 Å². The van der Waals surface area contributed by atoms with Crippen LogP contribution in [0.25, 0.3) is 0 Å². The average Bonchev–Trinajstić information content (AvgIpc) is 2.61. The fourth-order valence-electron chi connectivity index (χ4n) is 1.95. The highest BCUT2D eigenvalue weighted by molar-refractivity contribution is 9.10. The van der Waals surface area contributed by atoms with Gasteiger partial charge in [0.25, 0.3) is 0 Å². The standard InChI is InChI=1S/C12H12BrNO3/c13-10-3-1-2-8(4-10)6-14-7-9(12(16)17)5-11(14)15/h1-4,9H,5-7H2,(H,16,17). The number of likely N-dealkylation sites (tertiary alicyclic amines) is 1. The van der Waals surface area contributed by atoms with E-state index in [1.54, 1.807) is 4.90 Å². The Bertz CT molecular complexity index is 461. The largest absolute Gasteiger partial charge is 0.481 e. The number of carboxylic acid groups (broad SMARTS) is 1. The van der Waals surface area contributed by atoms with Gasteiger partial charge >= 0.3 is 5.97 Å². The van der Waals surface area contributed by atoms with Crippen molar-refractivity contribution in [3.63, 3.8) is 0 Å². The van der Waals surface area contributed by atoms with Crippen molar-refractivity contribution in [2.24, 2.45) is 5.92 Å². The number of aliphatic carboxylic acids is 1. The van der Waals surface area contributed by atoms with Crippen molar-refractivity contribution in [2.45, 2.75) is 13.0 Å². The number of carbonyl (C=O) groups is 2. The zero-order valence-corrected chi connectivity index (χ0v) is 10.7. The third-order valence-corrected chi connectivity index (χ3v) is 3.32. The molecular formula is C12H12BrNO3. The molecule has 1 aromatic rings. The maximum atomic E-state index is 11.6.